The normalized spacial score (nSPS) is 19.1. The second kappa shape index (κ2) is 12.3. The number of halogens is 1. The third-order valence-corrected chi connectivity index (χ3v) is 9.53. The summed E-state index contributed by atoms with van der Waals surface area (Å²) in [5, 5.41) is 20.9. The molecule has 224 valence electrons. The molecule has 3 aliphatic carbocycles. The van der Waals surface area contributed by atoms with Crippen LogP contribution >= 0.6 is 0 Å². The van der Waals surface area contributed by atoms with Gasteiger partial charge in [0.05, 0.1) is 5.69 Å². The van der Waals surface area contributed by atoms with Crippen LogP contribution in [0.5, 0.6) is 0 Å². The molecule has 3 fully saturated rings. The SMILES string of the molecule is Cc1n[nH]c(C)c1-c1ccc(NC(=O)[C@@H](NC(=O)c2nonc2C2CC2)C(C2CCCCC2)C2CCCCC2)nc1F. The number of rotatable bonds is 9. The lowest BCUT2D eigenvalue weighted by atomic mass is 9.66. The molecule has 10 nitrogen and oxygen atoms in total. The number of amides is 2. The molecule has 3 heterocycles. The molecule has 11 heteroatoms. The number of aromatic amines is 1. The topological polar surface area (TPSA) is 139 Å². The van der Waals surface area contributed by atoms with Crippen LogP contribution in [-0.4, -0.2) is 43.4 Å². The van der Waals surface area contributed by atoms with E-state index in [0.717, 1.165) is 69.9 Å². The first-order chi connectivity index (χ1) is 20.4. The van der Waals surface area contributed by atoms with Crippen molar-refractivity contribution in [3.63, 3.8) is 0 Å². The van der Waals surface area contributed by atoms with Gasteiger partial charge in [0.15, 0.2) is 5.69 Å². The monoisotopic (exact) mass is 577 g/mol. The zero-order valence-corrected chi connectivity index (χ0v) is 24.4. The molecule has 1 atom stereocenters. The van der Waals surface area contributed by atoms with Crippen LogP contribution in [0.4, 0.5) is 10.2 Å². The molecule has 3 aromatic rings. The summed E-state index contributed by atoms with van der Waals surface area (Å²) in [4.78, 5) is 31.9. The van der Waals surface area contributed by atoms with Gasteiger partial charge in [0.2, 0.25) is 11.9 Å². The summed E-state index contributed by atoms with van der Waals surface area (Å²) in [6.07, 6.45) is 12.9. The van der Waals surface area contributed by atoms with Gasteiger partial charge in [0.25, 0.3) is 5.91 Å². The Morgan fingerprint density at radius 1 is 0.952 bits per heavy atom. The number of hydrogen-bond acceptors (Lipinski definition) is 7. The van der Waals surface area contributed by atoms with Crippen LogP contribution in [0.1, 0.15) is 111 Å². The second-order valence-electron chi connectivity index (χ2n) is 12.4. The van der Waals surface area contributed by atoms with E-state index >= 15 is 4.39 Å². The number of nitrogens with zero attached hydrogens (tertiary/aromatic N) is 4. The molecule has 0 saturated heterocycles. The van der Waals surface area contributed by atoms with Crippen molar-refractivity contribution in [3.8, 4) is 11.1 Å². The van der Waals surface area contributed by atoms with E-state index in [1.54, 1.807) is 19.1 Å². The Morgan fingerprint density at radius 3 is 2.19 bits per heavy atom. The molecule has 3 aromatic heterocycles. The van der Waals surface area contributed by atoms with Crippen LogP contribution in [-0.2, 0) is 4.79 Å². The van der Waals surface area contributed by atoms with Crippen molar-refractivity contribution in [3.05, 3.63) is 40.9 Å². The summed E-state index contributed by atoms with van der Waals surface area (Å²) in [6.45, 7) is 3.63. The molecule has 42 heavy (non-hydrogen) atoms. The highest BCUT2D eigenvalue weighted by molar-refractivity contribution is 6.00. The minimum atomic E-state index is -0.824. The van der Waals surface area contributed by atoms with Crippen LogP contribution in [0.15, 0.2) is 16.8 Å². The van der Waals surface area contributed by atoms with Gasteiger partial charge in [-0.2, -0.15) is 9.49 Å². The first kappa shape index (κ1) is 28.5. The quantitative estimate of drug-likeness (QED) is 0.265. The van der Waals surface area contributed by atoms with E-state index in [9.17, 15) is 9.59 Å². The van der Waals surface area contributed by atoms with Gasteiger partial charge in [0, 0.05) is 22.7 Å². The number of carbonyl (C=O) groups is 2. The van der Waals surface area contributed by atoms with Gasteiger partial charge in [-0.3, -0.25) is 14.7 Å². The summed E-state index contributed by atoms with van der Waals surface area (Å²) < 4.78 is 20.2. The van der Waals surface area contributed by atoms with Crippen LogP contribution in [0.25, 0.3) is 11.1 Å². The first-order valence-electron chi connectivity index (χ1n) is 15.5. The highest BCUT2D eigenvalue weighted by atomic mass is 19.1. The number of carbonyl (C=O) groups excluding carboxylic acids is 2. The van der Waals surface area contributed by atoms with E-state index in [2.05, 4.69) is 36.1 Å². The van der Waals surface area contributed by atoms with Crippen LogP contribution in [0.3, 0.4) is 0 Å². The van der Waals surface area contributed by atoms with Gasteiger partial charge in [-0.15, -0.1) is 0 Å². The summed E-state index contributed by atoms with van der Waals surface area (Å²) >= 11 is 0. The Kier molecular flexibility index (Phi) is 8.35. The van der Waals surface area contributed by atoms with Crippen molar-refractivity contribution < 1.29 is 18.6 Å². The molecule has 0 aliphatic heterocycles. The Bertz CT molecular complexity index is 1380. The lowest BCUT2D eigenvalue weighted by Gasteiger charge is -2.41. The number of aryl methyl sites for hydroxylation is 2. The summed E-state index contributed by atoms with van der Waals surface area (Å²) in [5.41, 5.74) is 3.09. The van der Waals surface area contributed by atoms with E-state index in [4.69, 9.17) is 4.63 Å². The van der Waals surface area contributed by atoms with Crippen molar-refractivity contribution in [1.29, 1.82) is 0 Å². The standard InChI is InChI=1S/C31H40FN7O3/c1-17-24(18(2)37-36-17)22-15-16-23(33-29(22)32)34-30(40)27(35-31(41)28-26(21-13-14-21)38-42-39-28)25(19-9-5-3-6-10-19)20-11-7-4-8-12-20/h15-16,19-21,25,27H,3-14H2,1-2H3,(H,35,41)(H,36,37)(H,33,34,40)/t27-/m0/s1. The minimum absolute atomic E-state index is 0.0425. The van der Waals surface area contributed by atoms with Crippen molar-refractivity contribution in [1.82, 2.24) is 30.8 Å². The van der Waals surface area contributed by atoms with E-state index in [0.29, 0.717) is 34.4 Å². The first-order valence-corrected chi connectivity index (χ1v) is 15.5. The zero-order valence-electron chi connectivity index (χ0n) is 24.4. The average Bonchev–Trinajstić information content (AvgIpc) is 3.63. The largest absolute Gasteiger partial charge is 0.338 e. The highest BCUT2D eigenvalue weighted by Crippen LogP contribution is 2.43. The molecular weight excluding hydrogens is 537 g/mol. The van der Waals surface area contributed by atoms with Crippen molar-refractivity contribution in [2.24, 2.45) is 17.8 Å². The fourth-order valence-corrected chi connectivity index (χ4v) is 7.33. The van der Waals surface area contributed by atoms with Gasteiger partial charge >= 0.3 is 0 Å². The highest BCUT2D eigenvalue weighted by Gasteiger charge is 2.42. The molecule has 0 spiro atoms. The lowest BCUT2D eigenvalue weighted by molar-refractivity contribution is -0.121. The maximum atomic E-state index is 15.3. The maximum Gasteiger partial charge on any atom is 0.276 e. The number of H-pyrrole nitrogens is 1. The summed E-state index contributed by atoms with van der Waals surface area (Å²) in [7, 11) is 0. The predicted octanol–water partition coefficient (Wildman–Crippen LogP) is 6.00. The fraction of sp³-hybridized carbons (Fsp3) is 0.613. The number of aromatic nitrogens is 5. The van der Waals surface area contributed by atoms with Gasteiger partial charge in [-0.1, -0.05) is 69.4 Å². The molecule has 2 amide bonds. The number of anilines is 1. The van der Waals surface area contributed by atoms with Crippen LogP contribution in [0.2, 0.25) is 0 Å². The molecule has 3 N–H and O–H groups in total. The van der Waals surface area contributed by atoms with Gasteiger partial charge in [0.1, 0.15) is 17.6 Å². The average molecular weight is 578 g/mol. The van der Waals surface area contributed by atoms with Crippen LogP contribution < -0.4 is 10.6 Å². The summed E-state index contributed by atoms with van der Waals surface area (Å²) in [5.74, 6) is -0.665. The van der Waals surface area contributed by atoms with Gasteiger partial charge < -0.3 is 10.6 Å². The van der Waals surface area contributed by atoms with Crippen molar-refractivity contribution >= 4 is 17.6 Å². The van der Waals surface area contributed by atoms with E-state index in [-0.39, 0.29) is 29.3 Å². The number of pyridine rings is 1. The van der Waals surface area contributed by atoms with Crippen molar-refractivity contribution in [2.75, 3.05) is 5.32 Å². The molecule has 0 radical (unpaired) electrons. The fourth-order valence-electron chi connectivity index (χ4n) is 7.33. The molecule has 3 saturated carbocycles. The third kappa shape index (κ3) is 5.96. The number of nitrogens with one attached hydrogen (secondary N) is 3. The van der Waals surface area contributed by atoms with E-state index in [1.807, 2.05) is 6.92 Å². The van der Waals surface area contributed by atoms with E-state index < -0.39 is 17.9 Å². The molecule has 0 aromatic carbocycles. The zero-order chi connectivity index (χ0) is 29.2. The number of hydrogen-bond donors (Lipinski definition) is 3. The minimum Gasteiger partial charge on any atom is -0.338 e. The smallest absolute Gasteiger partial charge is 0.276 e. The van der Waals surface area contributed by atoms with Crippen LogP contribution in [0, 0.1) is 37.5 Å². The third-order valence-electron chi connectivity index (χ3n) is 9.53. The molecular formula is C31H40FN7O3. The Hall–Kier alpha value is -3.63. The molecule has 3 aliphatic rings. The predicted molar refractivity (Wildman–Crippen MR) is 154 cm³/mol. The van der Waals surface area contributed by atoms with Gasteiger partial charge in [-0.05, 0) is 61.7 Å². The summed E-state index contributed by atoms with van der Waals surface area (Å²) in [6, 6.07) is 2.39. The Balaban J connectivity index is 1.30. The van der Waals surface area contributed by atoms with Gasteiger partial charge in [-0.25, -0.2) is 9.61 Å². The Morgan fingerprint density at radius 2 is 1.62 bits per heavy atom. The maximum absolute atomic E-state index is 15.3. The van der Waals surface area contributed by atoms with E-state index in [1.165, 1.54) is 12.8 Å². The molecule has 6 rings (SSSR count). The lowest BCUT2D eigenvalue weighted by Crippen LogP contribution is -2.53. The Labute approximate surface area is 245 Å². The van der Waals surface area contributed by atoms with Crippen molar-refractivity contribution in [2.45, 2.75) is 103 Å². The second-order valence-corrected chi connectivity index (χ2v) is 12.4. The molecule has 0 bridgehead atoms. The molecule has 0 unspecified atom stereocenters.